The monoisotopic (exact) mass is 486 g/mol. The highest BCUT2D eigenvalue weighted by Gasteiger charge is 2.21. The molecular weight excluding hydrogens is 474 g/mol. The van der Waals surface area contributed by atoms with Crippen molar-refractivity contribution in [1.82, 2.24) is 19.7 Å². The van der Waals surface area contributed by atoms with Gasteiger partial charge in [0, 0.05) is 16.1 Å². The van der Waals surface area contributed by atoms with Gasteiger partial charge in [-0.1, -0.05) is 46.6 Å². The number of benzene rings is 2. The minimum atomic E-state index is -0.481. The fraction of sp³-hybridized carbons (Fsp3) is 0.0909. The van der Waals surface area contributed by atoms with Crippen LogP contribution in [0.15, 0.2) is 58.1 Å². The molecule has 0 aliphatic heterocycles. The molecule has 3 heterocycles. The van der Waals surface area contributed by atoms with Crippen molar-refractivity contribution < 1.29 is 8.91 Å². The highest BCUT2D eigenvalue weighted by atomic mass is 35.5. The molecule has 0 fully saturated rings. The van der Waals surface area contributed by atoms with Crippen LogP contribution in [0.4, 0.5) is 4.39 Å². The average Bonchev–Trinajstić information content (AvgIpc) is 3.38. The lowest BCUT2D eigenvalue weighted by Crippen LogP contribution is -2.21. The number of nitrogens with zero attached hydrogens (tertiary/aromatic N) is 4. The summed E-state index contributed by atoms with van der Waals surface area (Å²) in [5.74, 6) is 0.135. The third-order valence-electron chi connectivity index (χ3n) is 5.04. The Labute approximate surface area is 194 Å². The summed E-state index contributed by atoms with van der Waals surface area (Å²) < 4.78 is 21.0. The van der Waals surface area contributed by atoms with Gasteiger partial charge in [0.25, 0.3) is 11.4 Å². The Hall–Kier alpha value is -3.07. The van der Waals surface area contributed by atoms with Crippen LogP contribution in [0.5, 0.6) is 0 Å². The van der Waals surface area contributed by atoms with Crippen molar-refractivity contribution in [3.8, 4) is 22.2 Å². The van der Waals surface area contributed by atoms with Crippen LogP contribution in [0.3, 0.4) is 0 Å². The number of aryl methyl sites for hydroxylation is 1. The van der Waals surface area contributed by atoms with E-state index in [0.717, 1.165) is 0 Å². The molecule has 2 aromatic carbocycles. The molecule has 0 aliphatic carbocycles. The van der Waals surface area contributed by atoms with Crippen LogP contribution in [0.25, 0.3) is 32.4 Å². The summed E-state index contributed by atoms with van der Waals surface area (Å²) in [5.41, 5.74) is 1.22. The van der Waals surface area contributed by atoms with E-state index in [1.165, 1.54) is 34.4 Å². The SMILES string of the molecule is Cc1c(-c2nc(-c3ccccc3Cl)no2)sc2ncn(Cc3c(F)cccc3Cl)c(=O)c12. The molecule has 0 bridgehead atoms. The maximum absolute atomic E-state index is 14.2. The van der Waals surface area contributed by atoms with Gasteiger partial charge in [-0.25, -0.2) is 9.37 Å². The van der Waals surface area contributed by atoms with Gasteiger partial charge in [0.2, 0.25) is 5.82 Å². The number of rotatable bonds is 4. The molecule has 0 saturated heterocycles. The Morgan fingerprint density at radius 3 is 2.69 bits per heavy atom. The number of halogens is 3. The second-order valence-electron chi connectivity index (χ2n) is 7.02. The van der Waals surface area contributed by atoms with Crippen LogP contribution >= 0.6 is 34.5 Å². The Morgan fingerprint density at radius 2 is 1.91 bits per heavy atom. The molecular formula is C22H13Cl2FN4O2S. The molecule has 0 amide bonds. The molecule has 10 heteroatoms. The van der Waals surface area contributed by atoms with Gasteiger partial charge in [-0.3, -0.25) is 9.36 Å². The number of hydrogen-bond donors (Lipinski definition) is 0. The van der Waals surface area contributed by atoms with Crippen molar-refractivity contribution in [2.45, 2.75) is 13.5 Å². The lowest BCUT2D eigenvalue weighted by molar-refractivity contribution is 0.433. The van der Waals surface area contributed by atoms with Crippen LogP contribution in [0.1, 0.15) is 11.1 Å². The topological polar surface area (TPSA) is 73.8 Å². The molecule has 0 spiro atoms. The summed E-state index contributed by atoms with van der Waals surface area (Å²) in [7, 11) is 0. The molecule has 0 aliphatic rings. The molecule has 5 rings (SSSR count). The third kappa shape index (κ3) is 3.50. The van der Waals surface area contributed by atoms with Crippen molar-refractivity contribution >= 4 is 44.8 Å². The predicted octanol–water partition coefficient (Wildman–Crippen LogP) is 5.98. The van der Waals surface area contributed by atoms with E-state index in [1.54, 1.807) is 25.1 Å². The van der Waals surface area contributed by atoms with Gasteiger partial charge in [-0.2, -0.15) is 4.98 Å². The standard InChI is InChI=1S/C22H13Cl2FN4O2S/c1-11-17-21(26-10-29(22(17)30)9-13-15(24)7-4-8-16(13)25)32-18(11)20-27-19(28-31-20)12-5-2-3-6-14(12)23/h2-8,10H,9H2,1H3. The number of fused-ring (bicyclic) bond motifs is 1. The highest BCUT2D eigenvalue weighted by molar-refractivity contribution is 7.22. The maximum atomic E-state index is 14.2. The zero-order chi connectivity index (χ0) is 22.4. The van der Waals surface area contributed by atoms with Gasteiger partial charge < -0.3 is 4.52 Å². The summed E-state index contributed by atoms with van der Waals surface area (Å²) in [5, 5.41) is 5.19. The van der Waals surface area contributed by atoms with Crippen LogP contribution < -0.4 is 5.56 Å². The molecule has 0 N–H and O–H groups in total. The average molecular weight is 487 g/mol. The smallest absolute Gasteiger partial charge is 0.268 e. The molecule has 5 aromatic rings. The predicted molar refractivity (Wildman–Crippen MR) is 123 cm³/mol. The third-order valence-corrected chi connectivity index (χ3v) is 6.91. The van der Waals surface area contributed by atoms with E-state index in [4.69, 9.17) is 27.7 Å². The second kappa shape index (κ2) is 8.12. The molecule has 160 valence electrons. The van der Waals surface area contributed by atoms with E-state index >= 15 is 0 Å². The van der Waals surface area contributed by atoms with Gasteiger partial charge in [-0.05, 0) is 36.8 Å². The lowest BCUT2D eigenvalue weighted by atomic mass is 10.2. The van der Waals surface area contributed by atoms with Gasteiger partial charge in [0.15, 0.2) is 0 Å². The van der Waals surface area contributed by atoms with Crippen LogP contribution in [0, 0.1) is 12.7 Å². The molecule has 6 nitrogen and oxygen atoms in total. The van der Waals surface area contributed by atoms with E-state index in [1.807, 2.05) is 12.1 Å². The van der Waals surface area contributed by atoms with Crippen molar-refractivity contribution in [2.24, 2.45) is 0 Å². The first kappa shape index (κ1) is 20.8. The van der Waals surface area contributed by atoms with E-state index in [2.05, 4.69) is 15.1 Å². The summed E-state index contributed by atoms with van der Waals surface area (Å²) in [6.07, 6.45) is 1.39. The Balaban J connectivity index is 1.58. The zero-order valence-electron chi connectivity index (χ0n) is 16.5. The van der Waals surface area contributed by atoms with Gasteiger partial charge >= 0.3 is 0 Å². The van der Waals surface area contributed by atoms with Crippen molar-refractivity contribution in [3.05, 3.63) is 86.1 Å². The minimum Gasteiger partial charge on any atom is -0.333 e. The molecule has 0 unspecified atom stereocenters. The number of thiophene rings is 1. The highest BCUT2D eigenvalue weighted by Crippen LogP contribution is 2.36. The van der Waals surface area contributed by atoms with E-state index in [9.17, 15) is 9.18 Å². The zero-order valence-corrected chi connectivity index (χ0v) is 18.8. The first-order valence-electron chi connectivity index (χ1n) is 9.44. The Kier molecular flexibility index (Phi) is 5.28. The maximum Gasteiger partial charge on any atom is 0.268 e. The van der Waals surface area contributed by atoms with Crippen molar-refractivity contribution in [2.75, 3.05) is 0 Å². The minimum absolute atomic E-state index is 0.0326. The second-order valence-corrected chi connectivity index (χ2v) is 8.83. The molecule has 0 saturated carbocycles. The van der Waals surface area contributed by atoms with Crippen LogP contribution in [-0.2, 0) is 6.54 Å². The van der Waals surface area contributed by atoms with E-state index in [0.29, 0.717) is 37.1 Å². The fourth-order valence-corrected chi connectivity index (χ4v) is 4.90. The van der Waals surface area contributed by atoms with Gasteiger partial charge in [0.1, 0.15) is 10.6 Å². The van der Waals surface area contributed by atoms with E-state index < -0.39 is 5.82 Å². The van der Waals surface area contributed by atoms with Crippen LogP contribution in [-0.4, -0.2) is 19.7 Å². The van der Waals surface area contributed by atoms with Gasteiger partial charge in [0.05, 0.1) is 28.2 Å². The summed E-state index contributed by atoms with van der Waals surface area (Å²) in [6, 6.07) is 11.6. The fourth-order valence-electron chi connectivity index (χ4n) is 3.40. The molecule has 0 radical (unpaired) electrons. The molecule has 3 aromatic heterocycles. The molecule has 32 heavy (non-hydrogen) atoms. The molecule has 0 atom stereocenters. The largest absolute Gasteiger partial charge is 0.333 e. The normalized spacial score (nSPS) is 11.4. The van der Waals surface area contributed by atoms with Gasteiger partial charge in [-0.15, -0.1) is 11.3 Å². The number of hydrogen-bond acceptors (Lipinski definition) is 6. The summed E-state index contributed by atoms with van der Waals surface area (Å²) in [6.45, 7) is 1.76. The first-order chi connectivity index (χ1) is 15.4. The van der Waals surface area contributed by atoms with Crippen molar-refractivity contribution in [1.29, 1.82) is 0 Å². The van der Waals surface area contributed by atoms with Crippen LogP contribution in [0.2, 0.25) is 10.0 Å². The summed E-state index contributed by atoms with van der Waals surface area (Å²) in [4.78, 5) is 23.2. The first-order valence-corrected chi connectivity index (χ1v) is 11.0. The Bertz CT molecular complexity index is 1520. The number of aromatic nitrogens is 4. The Morgan fingerprint density at radius 1 is 1.12 bits per heavy atom. The lowest BCUT2D eigenvalue weighted by Gasteiger charge is -2.08. The van der Waals surface area contributed by atoms with E-state index in [-0.39, 0.29) is 28.6 Å². The summed E-state index contributed by atoms with van der Waals surface area (Å²) >= 11 is 13.6. The van der Waals surface area contributed by atoms with Crippen molar-refractivity contribution in [3.63, 3.8) is 0 Å². The quantitative estimate of drug-likeness (QED) is 0.312.